The summed E-state index contributed by atoms with van der Waals surface area (Å²) in [6, 6.07) is -0.583. The molecule has 1 atom stereocenters. The van der Waals surface area contributed by atoms with Gasteiger partial charge < -0.3 is 16.4 Å². The van der Waals surface area contributed by atoms with Crippen LogP contribution in [0.3, 0.4) is 0 Å². The molecule has 6 nitrogen and oxygen atoms in total. The fourth-order valence-corrected chi connectivity index (χ4v) is 1.72. The molecule has 0 aliphatic heterocycles. The number of hydrogen-bond acceptors (Lipinski definition) is 5. The highest BCUT2D eigenvalue weighted by molar-refractivity contribution is 7.09. The van der Waals surface area contributed by atoms with Gasteiger partial charge in [-0.15, -0.1) is 11.3 Å². The van der Waals surface area contributed by atoms with E-state index >= 15 is 0 Å². The Morgan fingerprint density at radius 3 is 2.81 bits per heavy atom. The number of nitrogens with two attached hydrogens (primary N) is 1. The molecular weight excluding hydrogens is 228 g/mol. The fourth-order valence-electron chi connectivity index (χ4n) is 1.06. The zero-order valence-electron chi connectivity index (χ0n) is 9.11. The molecule has 1 heterocycles. The van der Waals surface area contributed by atoms with Crippen molar-refractivity contribution in [3.05, 3.63) is 16.1 Å². The Morgan fingerprint density at radius 1 is 1.62 bits per heavy atom. The lowest BCUT2D eigenvalue weighted by Crippen LogP contribution is -2.43. The van der Waals surface area contributed by atoms with E-state index in [9.17, 15) is 9.59 Å². The van der Waals surface area contributed by atoms with Crippen molar-refractivity contribution in [1.82, 2.24) is 15.6 Å². The molecule has 1 aromatic heterocycles. The summed E-state index contributed by atoms with van der Waals surface area (Å²) >= 11 is 1.32. The van der Waals surface area contributed by atoms with E-state index < -0.39 is 6.04 Å². The number of hydrogen-bond donors (Lipinski definition) is 3. The van der Waals surface area contributed by atoms with Gasteiger partial charge in [0.2, 0.25) is 5.91 Å². The van der Waals surface area contributed by atoms with Crippen LogP contribution >= 0.6 is 11.3 Å². The number of nitrogens with zero attached hydrogens (tertiary/aromatic N) is 1. The quantitative estimate of drug-likeness (QED) is 0.661. The van der Waals surface area contributed by atoms with Gasteiger partial charge in [0.25, 0.3) is 5.91 Å². The predicted molar refractivity (Wildman–Crippen MR) is 61.0 cm³/mol. The van der Waals surface area contributed by atoms with E-state index in [0.29, 0.717) is 17.2 Å². The van der Waals surface area contributed by atoms with Gasteiger partial charge >= 0.3 is 0 Å². The van der Waals surface area contributed by atoms with Crippen molar-refractivity contribution in [2.24, 2.45) is 5.73 Å². The van der Waals surface area contributed by atoms with Crippen LogP contribution in [-0.2, 0) is 11.3 Å². The molecule has 0 saturated carbocycles. The molecule has 7 heteroatoms. The summed E-state index contributed by atoms with van der Waals surface area (Å²) in [7, 11) is 1.51. The van der Waals surface area contributed by atoms with E-state index in [2.05, 4.69) is 15.6 Å². The van der Waals surface area contributed by atoms with Crippen LogP contribution < -0.4 is 16.4 Å². The van der Waals surface area contributed by atoms with Gasteiger partial charge in [0.05, 0.1) is 0 Å². The Balaban J connectivity index is 2.61. The van der Waals surface area contributed by atoms with Gasteiger partial charge in [-0.25, -0.2) is 4.98 Å². The van der Waals surface area contributed by atoms with Crippen LogP contribution in [0.25, 0.3) is 0 Å². The van der Waals surface area contributed by atoms with Crippen molar-refractivity contribution in [2.45, 2.75) is 19.5 Å². The SMILES string of the molecule is CNC(=O)C(C)NC(=O)c1csc(CN)n1. The number of likely N-dealkylation sites (N-methyl/N-ethyl adjacent to an activating group) is 1. The number of amides is 2. The highest BCUT2D eigenvalue weighted by Gasteiger charge is 2.16. The summed E-state index contributed by atoms with van der Waals surface area (Å²) in [6.07, 6.45) is 0. The number of carbonyl (C=O) groups is 2. The van der Waals surface area contributed by atoms with Crippen LogP contribution in [0.5, 0.6) is 0 Å². The van der Waals surface area contributed by atoms with Crippen LogP contribution in [0, 0.1) is 0 Å². The first-order chi connectivity index (χ1) is 7.58. The van der Waals surface area contributed by atoms with Gasteiger partial charge in [-0.3, -0.25) is 9.59 Å². The van der Waals surface area contributed by atoms with Gasteiger partial charge in [-0.05, 0) is 6.92 Å². The van der Waals surface area contributed by atoms with E-state index in [1.54, 1.807) is 12.3 Å². The molecule has 0 aromatic carbocycles. The number of rotatable bonds is 4. The second-order valence-corrected chi connectivity index (χ2v) is 4.08. The number of thiazole rings is 1. The average Bonchev–Trinajstić information content (AvgIpc) is 2.76. The topological polar surface area (TPSA) is 97.1 Å². The highest BCUT2D eigenvalue weighted by Crippen LogP contribution is 2.08. The Morgan fingerprint density at radius 2 is 2.31 bits per heavy atom. The summed E-state index contributed by atoms with van der Waals surface area (Å²) in [4.78, 5) is 26.8. The maximum atomic E-state index is 11.6. The van der Waals surface area contributed by atoms with Crippen LogP contribution in [0.4, 0.5) is 0 Å². The fraction of sp³-hybridized carbons (Fsp3) is 0.444. The van der Waals surface area contributed by atoms with Gasteiger partial charge in [0.15, 0.2) is 0 Å². The Bertz CT molecular complexity index is 391. The van der Waals surface area contributed by atoms with Gasteiger partial charge in [0.1, 0.15) is 16.7 Å². The van der Waals surface area contributed by atoms with E-state index in [0.717, 1.165) is 0 Å². The lowest BCUT2D eigenvalue weighted by Gasteiger charge is -2.10. The van der Waals surface area contributed by atoms with E-state index in [1.165, 1.54) is 18.4 Å². The second-order valence-electron chi connectivity index (χ2n) is 3.14. The molecule has 16 heavy (non-hydrogen) atoms. The molecule has 0 bridgehead atoms. The molecule has 4 N–H and O–H groups in total. The van der Waals surface area contributed by atoms with Crippen LogP contribution in [-0.4, -0.2) is 29.9 Å². The van der Waals surface area contributed by atoms with Crippen molar-refractivity contribution < 1.29 is 9.59 Å². The molecule has 0 fully saturated rings. The van der Waals surface area contributed by atoms with Gasteiger partial charge in [0, 0.05) is 19.0 Å². The largest absolute Gasteiger partial charge is 0.357 e. The zero-order valence-corrected chi connectivity index (χ0v) is 9.93. The molecule has 0 saturated heterocycles. The highest BCUT2D eigenvalue weighted by atomic mass is 32.1. The monoisotopic (exact) mass is 242 g/mol. The third-order valence-electron chi connectivity index (χ3n) is 1.95. The van der Waals surface area contributed by atoms with E-state index in [-0.39, 0.29) is 11.8 Å². The van der Waals surface area contributed by atoms with Crippen LogP contribution in [0.1, 0.15) is 22.4 Å². The summed E-state index contributed by atoms with van der Waals surface area (Å²) in [5, 5.41) is 7.29. The molecule has 1 unspecified atom stereocenters. The molecular formula is C9H14N4O2S. The van der Waals surface area contributed by atoms with Crippen molar-refractivity contribution >= 4 is 23.2 Å². The maximum Gasteiger partial charge on any atom is 0.271 e. The average molecular weight is 242 g/mol. The zero-order chi connectivity index (χ0) is 12.1. The minimum absolute atomic E-state index is 0.248. The standard InChI is InChI=1S/C9H14N4O2S/c1-5(8(14)11-2)12-9(15)6-4-16-7(3-10)13-6/h4-5H,3,10H2,1-2H3,(H,11,14)(H,12,15). The van der Waals surface area contributed by atoms with Crippen molar-refractivity contribution in [1.29, 1.82) is 0 Å². The first kappa shape index (κ1) is 12.6. The van der Waals surface area contributed by atoms with E-state index in [4.69, 9.17) is 5.73 Å². The first-order valence-corrected chi connectivity index (χ1v) is 5.63. The maximum absolute atomic E-state index is 11.6. The minimum Gasteiger partial charge on any atom is -0.357 e. The molecule has 1 rings (SSSR count). The molecule has 0 spiro atoms. The molecule has 88 valence electrons. The summed E-state index contributed by atoms with van der Waals surface area (Å²) in [5.74, 6) is -0.616. The van der Waals surface area contributed by atoms with Crippen LogP contribution in [0.2, 0.25) is 0 Å². The lowest BCUT2D eigenvalue weighted by molar-refractivity contribution is -0.122. The van der Waals surface area contributed by atoms with Gasteiger partial charge in [-0.1, -0.05) is 0 Å². The predicted octanol–water partition coefficient (Wildman–Crippen LogP) is -0.534. The second kappa shape index (κ2) is 5.57. The third kappa shape index (κ3) is 3.01. The minimum atomic E-state index is -0.583. The Kier molecular flexibility index (Phi) is 4.39. The Hall–Kier alpha value is -1.47. The lowest BCUT2D eigenvalue weighted by atomic mass is 10.3. The molecule has 1 aromatic rings. The normalized spacial score (nSPS) is 11.9. The van der Waals surface area contributed by atoms with Crippen molar-refractivity contribution in [3.8, 4) is 0 Å². The number of aromatic nitrogens is 1. The Labute approximate surface area is 97.2 Å². The smallest absolute Gasteiger partial charge is 0.271 e. The number of nitrogens with one attached hydrogen (secondary N) is 2. The summed E-state index contributed by atoms with van der Waals surface area (Å²) < 4.78 is 0. The molecule has 2 amide bonds. The third-order valence-corrected chi connectivity index (χ3v) is 2.82. The first-order valence-electron chi connectivity index (χ1n) is 4.75. The molecule has 0 aliphatic rings. The van der Waals surface area contributed by atoms with E-state index in [1.807, 2.05) is 0 Å². The van der Waals surface area contributed by atoms with Crippen LogP contribution in [0.15, 0.2) is 5.38 Å². The number of carbonyl (C=O) groups excluding carboxylic acids is 2. The summed E-state index contributed by atoms with van der Waals surface area (Å²) in [6.45, 7) is 1.91. The molecule has 0 radical (unpaired) electrons. The van der Waals surface area contributed by atoms with Gasteiger partial charge in [-0.2, -0.15) is 0 Å². The molecule has 0 aliphatic carbocycles. The van der Waals surface area contributed by atoms with Crippen molar-refractivity contribution in [3.63, 3.8) is 0 Å². The van der Waals surface area contributed by atoms with Crippen molar-refractivity contribution in [2.75, 3.05) is 7.05 Å². The summed E-state index contributed by atoms with van der Waals surface area (Å²) in [5.41, 5.74) is 5.68.